The number of ether oxygens (including phenoxy) is 2. The van der Waals surface area contributed by atoms with Crippen LogP contribution >= 0.6 is 0 Å². The van der Waals surface area contributed by atoms with Crippen LogP contribution in [0.5, 0.6) is 5.75 Å². The van der Waals surface area contributed by atoms with E-state index in [4.69, 9.17) is 9.47 Å². The fourth-order valence-electron chi connectivity index (χ4n) is 2.96. The zero-order valence-corrected chi connectivity index (χ0v) is 14.4. The Kier molecular flexibility index (Phi) is 5.99. The molecule has 0 heterocycles. The fraction of sp³-hybridized carbons (Fsp3) is 0.350. The minimum atomic E-state index is -0.399. The summed E-state index contributed by atoms with van der Waals surface area (Å²) in [6.45, 7) is 1.92. The van der Waals surface area contributed by atoms with E-state index >= 15 is 0 Å². The van der Waals surface area contributed by atoms with Crippen molar-refractivity contribution in [2.24, 2.45) is 11.3 Å². The molecule has 0 aliphatic heterocycles. The van der Waals surface area contributed by atoms with Gasteiger partial charge >= 0.3 is 5.97 Å². The van der Waals surface area contributed by atoms with Gasteiger partial charge in [0.25, 0.3) is 0 Å². The molecule has 0 spiro atoms. The highest BCUT2D eigenvalue weighted by atomic mass is 16.5. The van der Waals surface area contributed by atoms with Gasteiger partial charge in [-0.2, -0.15) is 0 Å². The number of benzene rings is 1. The molecule has 2 rings (SSSR count). The molecule has 1 aliphatic rings. The summed E-state index contributed by atoms with van der Waals surface area (Å²) in [7, 11) is 3.01. The van der Waals surface area contributed by atoms with E-state index in [1.165, 1.54) is 7.11 Å². The van der Waals surface area contributed by atoms with E-state index in [1.54, 1.807) is 7.11 Å². The van der Waals surface area contributed by atoms with E-state index in [-0.39, 0.29) is 18.5 Å². The minimum Gasteiger partial charge on any atom is -0.496 e. The molecule has 0 fully saturated rings. The number of para-hydroxylation sites is 1. The molecule has 4 heteroatoms. The van der Waals surface area contributed by atoms with Gasteiger partial charge in [0.2, 0.25) is 0 Å². The zero-order chi connectivity index (χ0) is 17.6. The third-order valence-corrected chi connectivity index (χ3v) is 4.47. The minimum absolute atomic E-state index is 0.0983. The van der Waals surface area contributed by atoms with Gasteiger partial charge in [-0.05, 0) is 18.1 Å². The first-order chi connectivity index (χ1) is 11.6. The normalized spacial score (nSPS) is 23.2. The van der Waals surface area contributed by atoms with Crippen molar-refractivity contribution in [2.45, 2.75) is 13.3 Å². The Labute approximate surface area is 143 Å². The summed E-state index contributed by atoms with van der Waals surface area (Å²) in [6.07, 6.45) is 10.2. The zero-order valence-electron chi connectivity index (χ0n) is 14.4. The van der Waals surface area contributed by atoms with Crippen LogP contribution in [0.2, 0.25) is 0 Å². The summed E-state index contributed by atoms with van der Waals surface area (Å²) in [4.78, 5) is 12.1. The molecule has 0 saturated carbocycles. The quantitative estimate of drug-likeness (QED) is 0.813. The number of hydrogen-bond donors (Lipinski definition) is 1. The molecule has 4 nitrogen and oxygen atoms in total. The van der Waals surface area contributed by atoms with Crippen molar-refractivity contribution in [3.8, 4) is 5.75 Å². The van der Waals surface area contributed by atoms with E-state index in [9.17, 15) is 9.90 Å². The van der Waals surface area contributed by atoms with Crippen LogP contribution in [0.3, 0.4) is 0 Å². The standard InChI is InChI=1S/C20H24O4/c1-20(12-7-6-9-17(20)19(22)24-3)13-11-15(14-21)16-8-4-5-10-18(16)23-2/h4-12,17,21H,13-14H2,1-3H3/b15-11+. The van der Waals surface area contributed by atoms with Crippen LogP contribution in [0.4, 0.5) is 0 Å². The highest BCUT2D eigenvalue weighted by molar-refractivity contribution is 5.77. The van der Waals surface area contributed by atoms with E-state index in [1.807, 2.05) is 61.6 Å². The van der Waals surface area contributed by atoms with Crippen LogP contribution in [0.1, 0.15) is 18.9 Å². The number of methoxy groups -OCH3 is 2. The van der Waals surface area contributed by atoms with Crippen LogP contribution in [-0.4, -0.2) is 31.9 Å². The molecule has 0 amide bonds. The predicted molar refractivity (Wildman–Crippen MR) is 94.6 cm³/mol. The van der Waals surface area contributed by atoms with Gasteiger partial charge < -0.3 is 14.6 Å². The Balaban J connectivity index is 2.30. The van der Waals surface area contributed by atoms with E-state index in [0.29, 0.717) is 12.2 Å². The van der Waals surface area contributed by atoms with Gasteiger partial charge in [0.15, 0.2) is 0 Å². The van der Waals surface area contributed by atoms with Gasteiger partial charge in [0.05, 0.1) is 26.7 Å². The molecule has 0 bridgehead atoms. The predicted octanol–water partition coefficient (Wildman–Crippen LogP) is 3.38. The molecule has 1 aromatic rings. The van der Waals surface area contributed by atoms with Crippen molar-refractivity contribution < 1.29 is 19.4 Å². The first-order valence-corrected chi connectivity index (χ1v) is 7.93. The highest BCUT2D eigenvalue weighted by Gasteiger charge is 2.36. The molecule has 1 aliphatic carbocycles. The lowest BCUT2D eigenvalue weighted by molar-refractivity contribution is -0.146. The Bertz CT molecular complexity index is 672. The Hall–Kier alpha value is -2.33. The number of carbonyl (C=O) groups is 1. The second kappa shape index (κ2) is 7.97. The third kappa shape index (κ3) is 3.77. The van der Waals surface area contributed by atoms with Crippen LogP contribution in [-0.2, 0) is 9.53 Å². The van der Waals surface area contributed by atoms with Crippen molar-refractivity contribution in [1.82, 2.24) is 0 Å². The number of esters is 1. The first kappa shape index (κ1) is 18.0. The summed E-state index contributed by atoms with van der Waals surface area (Å²) < 4.78 is 10.3. The maximum atomic E-state index is 12.1. The number of aliphatic hydroxyl groups excluding tert-OH is 1. The Morgan fingerprint density at radius 2 is 2.04 bits per heavy atom. The molecule has 128 valence electrons. The molecule has 1 N–H and O–H groups in total. The Morgan fingerprint density at radius 1 is 1.29 bits per heavy atom. The lowest BCUT2D eigenvalue weighted by Gasteiger charge is -2.32. The molecule has 1 aromatic carbocycles. The number of allylic oxidation sites excluding steroid dienone is 4. The molecule has 0 saturated heterocycles. The summed E-state index contributed by atoms with van der Waals surface area (Å²) in [6, 6.07) is 7.57. The van der Waals surface area contributed by atoms with Crippen LogP contribution in [0, 0.1) is 11.3 Å². The monoisotopic (exact) mass is 328 g/mol. The molecule has 2 atom stereocenters. The Morgan fingerprint density at radius 3 is 2.71 bits per heavy atom. The van der Waals surface area contributed by atoms with Crippen molar-refractivity contribution in [3.05, 3.63) is 60.2 Å². The lowest BCUT2D eigenvalue weighted by atomic mass is 9.71. The van der Waals surface area contributed by atoms with Crippen molar-refractivity contribution in [2.75, 3.05) is 20.8 Å². The number of hydrogen-bond acceptors (Lipinski definition) is 4. The second-order valence-corrected chi connectivity index (χ2v) is 6.04. The second-order valence-electron chi connectivity index (χ2n) is 6.04. The molecule has 24 heavy (non-hydrogen) atoms. The van der Waals surface area contributed by atoms with Crippen LogP contribution in [0.25, 0.3) is 5.57 Å². The third-order valence-electron chi connectivity index (χ3n) is 4.47. The van der Waals surface area contributed by atoms with Crippen molar-refractivity contribution in [1.29, 1.82) is 0 Å². The van der Waals surface area contributed by atoms with Crippen LogP contribution in [0.15, 0.2) is 54.6 Å². The highest BCUT2D eigenvalue weighted by Crippen LogP contribution is 2.39. The maximum absolute atomic E-state index is 12.1. The van der Waals surface area contributed by atoms with Crippen LogP contribution < -0.4 is 4.74 Å². The lowest BCUT2D eigenvalue weighted by Crippen LogP contribution is -2.32. The summed E-state index contributed by atoms with van der Waals surface area (Å²) in [5.74, 6) is 0.113. The number of rotatable bonds is 6. The molecule has 2 unspecified atom stereocenters. The fourth-order valence-corrected chi connectivity index (χ4v) is 2.96. The first-order valence-electron chi connectivity index (χ1n) is 7.93. The van der Waals surface area contributed by atoms with Gasteiger partial charge in [0, 0.05) is 11.0 Å². The number of carbonyl (C=O) groups excluding carboxylic acids is 1. The van der Waals surface area contributed by atoms with Gasteiger partial charge in [-0.25, -0.2) is 0 Å². The molecule has 0 radical (unpaired) electrons. The maximum Gasteiger partial charge on any atom is 0.313 e. The summed E-state index contributed by atoms with van der Waals surface area (Å²) >= 11 is 0. The average molecular weight is 328 g/mol. The molecule has 0 aromatic heterocycles. The molecular weight excluding hydrogens is 304 g/mol. The largest absolute Gasteiger partial charge is 0.496 e. The van der Waals surface area contributed by atoms with Crippen molar-refractivity contribution >= 4 is 11.5 Å². The van der Waals surface area contributed by atoms with E-state index < -0.39 is 5.41 Å². The van der Waals surface area contributed by atoms with E-state index in [2.05, 4.69) is 0 Å². The summed E-state index contributed by atoms with van der Waals surface area (Å²) in [5.41, 5.74) is 1.24. The smallest absolute Gasteiger partial charge is 0.313 e. The van der Waals surface area contributed by atoms with Gasteiger partial charge in [-0.3, -0.25) is 4.79 Å². The van der Waals surface area contributed by atoms with E-state index in [0.717, 1.165) is 11.1 Å². The van der Waals surface area contributed by atoms with Gasteiger partial charge in [-0.1, -0.05) is 55.5 Å². The topological polar surface area (TPSA) is 55.8 Å². The van der Waals surface area contributed by atoms with Gasteiger partial charge in [0.1, 0.15) is 5.75 Å². The molecular formula is C20H24O4. The van der Waals surface area contributed by atoms with Crippen molar-refractivity contribution in [3.63, 3.8) is 0 Å². The van der Waals surface area contributed by atoms with Gasteiger partial charge in [-0.15, -0.1) is 0 Å². The average Bonchev–Trinajstić information content (AvgIpc) is 2.62. The number of aliphatic hydroxyl groups is 1. The SMILES string of the molecule is COC(=O)C1C=CC=CC1(C)C/C=C(\CO)c1ccccc1OC. The summed E-state index contributed by atoms with van der Waals surface area (Å²) in [5, 5.41) is 9.79.